The SMILES string of the molecule is CNCc1cccc(NS(=O)(=O)CCC(C)(C)C)c1. The number of anilines is 1. The van der Waals surface area contributed by atoms with Gasteiger partial charge < -0.3 is 5.32 Å². The molecule has 0 saturated heterocycles. The zero-order valence-corrected chi connectivity index (χ0v) is 13.0. The zero-order valence-electron chi connectivity index (χ0n) is 12.2. The molecule has 108 valence electrons. The summed E-state index contributed by atoms with van der Waals surface area (Å²) in [6.07, 6.45) is 0.637. The molecule has 0 radical (unpaired) electrons. The van der Waals surface area contributed by atoms with Gasteiger partial charge in [0, 0.05) is 12.2 Å². The van der Waals surface area contributed by atoms with Gasteiger partial charge in [-0.3, -0.25) is 4.72 Å². The van der Waals surface area contributed by atoms with E-state index in [0.717, 1.165) is 12.1 Å². The van der Waals surface area contributed by atoms with Crippen LogP contribution in [0.4, 0.5) is 5.69 Å². The number of hydrogen-bond acceptors (Lipinski definition) is 3. The summed E-state index contributed by atoms with van der Waals surface area (Å²) in [6, 6.07) is 7.44. The van der Waals surface area contributed by atoms with Gasteiger partial charge in [0.2, 0.25) is 10.0 Å². The number of hydrogen-bond donors (Lipinski definition) is 2. The second-order valence-corrected chi connectivity index (χ2v) is 7.80. The lowest BCUT2D eigenvalue weighted by atomic mass is 9.94. The molecule has 19 heavy (non-hydrogen) atoms. The summed E-state index contributed by atoms with van der Waals surface area (Å²) >= 11 is 0. The largest absolute Gasteiger partial charge is 0.316 e. The molecule has 0 saturated carbocycles. The Morgan fingerprint density at radius 3 is 2.47 bits per heavy atom. The molecule has 0 aromatic heterocycles. The van der Waals surface area contributed by atoms with Crippen molar-refractivity contribution < 1.29 is 8.42 Å². The summed E-state index contributed by atoms with van der Waals surface area (Å²) < 4.78 is 26.6. The van der Waals surface area contributed by atoms with Crippen LogP contribution in [0.5, 0.6) is 0 Å². The van der Waals surface area contributed by atoms with E-state index in [1.807, 2.05) is 46.0 Å². The van der Waals surface area contributed by atoms with Crippen LogP contribution in [-0.4, -0.2) is 21.2 Å². The highest BCUT2D eigenvalue weighted by Gasteiger charge is 2.17. The number of sulfonamides is 1. The van der Waals surface area contributed by atoms with E-state index in [1.165, 1.54) is 0 Å². The van der Waals surface area contributed by atoms with Crippen LogP contribution in [0.2, 0.25) is 0 Å². The van der Waals surface area contributed by atoms with Crippen LogP contribution in [0.3, 0.4) is 0 Å². The molecule has 0 heterocycles. The van der Waals surface area contributed by atoms with E-state index in [1.54, 1.807) is 6.07 Å². The second kappa shape index (κ2) is 6.39. The minimum atomic E-state index is -3.27. The molecule has 2 N–H and O–H groups in total. The highest BCUT2D eigenvalue weighted by atomic mass is 32.2. The molecule has 4 nitrogen and oxygen atoms in total. The van der Waals surface area contributed by atoms with E-state index in [2.05, 4.69) is 10.0 Å². The molecule has 0 fully saturated rings. The molecule has 1 aromatic rings. The third kappa shape index (κ3) is 6.59. The molecule has 1 rings (SSSR count). The van der Waals surface area contributed by atoms with Crippen LogP contribution < -0.4 is 10.0 Å². The normalized spacial score (nSPS) is 12.4. The number of benzene rings is 1. The minimum absolute atomic E-state index is 0.0166. The van der Waals surface area contributed by atoms with Crippen molar-refractivity contribution in [3.63, 3.8) is 0 Å². The minimum Gasteiger partial charge on any atom is -0.316 e. The van der Waals surface area contributed by atoms with Crippen molar-refractivity contribution in [2.24, 2.45) is 5.41 Å². The molecule has 0 bridgehead atoms. The van der Waals surface area contributed by atoms with Crippen molar-refractivity contribution in [2.75, 3.05) is 17.5 Å². The van der Waals surface area contributed by atoms with Gasteiger partial charge in [0.25, 0.3) is 0 Å². The highest BCUT2D eigenvalue weighted by molar-refractivity contribution is 7.92. The van der Waals surface area contributed by atoms with Gasteiger partial charge in [-0.1, -0.05) is 32.9 Å². The van der Waals surface area contributed by atoms with E-state index in [-0.39, 0.29) is 11.2 Å². The molecular formula is C14H24N2O2S. The first-order chi connectivity index (χ1) is 8.72. The fourth-order valence-electron chi connectivity index (χ4n) is 1.62. The maximum atomic E-state index is 12.0. The average Bonchev–Trinajstić information content (AvgIpc) is 2.26. The topological polar surface area (TPSA) is 58.2 Å². The average molecular weight is 284 g/mol. The van der Waals surface area contributed by atoms with E-state index in [9.17, 15) is 8.42 Å². The van der Waals surface area contributed by atoms with E-state index >= 15 is 0 Å². The van der Waals surface area contributed by atoms with Gasteiger partial charge >= 0.3 is 0 Å². The highest BCUT2D eigenvalue weighted by Crippen LogP contribution is 2.20. The molecule has 5 heteroatoms. The summed E-state index contributed by atoms with van der Waals surface area (Å²) in [5, 5.41) is 3.04. The van der Waals surface area contributed by atoms with Crippen LogP contribution in [0, 0.1) is 5.41 Å². The first-order valence-electron chi connectivity index (χ1n) is 6.46. The van der Waals surface area contributed by atoms with Crippen molar-refractivity contribution in [2.45, 2.75) is 33.7 Å². The van der Waals surface area contributed by atoms with Crippen LogP contribution in [0.25, 0.3) is 0 Å². The predicted molar refractivity (Wildman–Crippen MR) is 80.7 cm³/mol. The molecule has 0 aliphatic carbocycles. The van der Waals surface area contributed by atoms with Crippen molar-refractivity contribution in [3.05, 3.63) is 29.8 Å². The van der Waals surface area contributed by atoms with Gasteiger partial charge in [0.05, 0.1) is 5.75 Å². The monoisotopic (exact) mass is 284 g/mol. The van der Waals surface area contributed by atoms with E-state index in [0.29, 0.717) is 12.1 Å². The van der Waals surface area contributed by atoms with Gasteiger partial charge in [-0.2, -0.15) is 0 Å². The molecule has 0 aliphatic heterocycles. The third-order valence-corrected chi connectivity index (χ3v) is 3.99. The van der Waals surface area contributed by atoms with Gasteiger partial charge in [-0.25, -0.2) is 8.42 Å². The van der Waals surface area contributed by atoms with Crippen LogP contribution in [0.15, 0.2) is 24.3 Å². The molecule has 0 spiro atoms. The van der Waals surface area contributed by atoms with Gasteiger partial charge in [0.1, 0.15) is 0 Å². The molecule has 1 aromatic carbocycles. The van der Waals surface area contributed by atoms with Gasteiger partial charge in [0.15, 0.2) is 0 Å². The first-order valence-corrected chi connectivity index (χ1v) is 8.11. The quantitative estimate of drug-likeness (QED) is 0.844. The second-order valence-electron chi connectivity index (χ2n) is 5.96. The Morgan fingerprint density at radius 1 is 1.21 bits per heavy atom. The summed E-state index contributed by atoms with van der Waals surface area (Å²) in [6.45, 7) is 6.83. The lowest BCUT2D eigenvalue weighted by molar-refractivity contribution is 0.397. The fourth-order valence-corrected chi connectivity index (χ4v) is 3.09. The molecule has 0 atom stereocenters. The summed E-state index contributed by atoms with van der Waals surface area (Å²) in [7, 11) is -1.41. The van der Waals surface area contributed by atoms with Crippen LogP contribution in [-0.2, 0) is 16.6 Å². The van der Waals surface area contributed by atoms with Crippen molar-refractivity contribution >= 4 is 15.7 Å². The maximum absolute atomic E-state index is 12.0. The zero-order chi connectivity index (χ0) is 14.5. The smallest absolute Gasteiger partial charge is 0.232 e. The Kier molecular flexibility index (Phi) is 5.38. The number of rotatable bonds is 6. The van der Waals surface area contributed by atoms with Crippen molar-refractivity contribution in [1.82, 2.24) is 5.32 Å². The van der Waals surface area contributed by atoms with Crippen LogP contribution >= 0.6 is 0 Å². The molecule has 0 amide bonds. The Labute approximate surface area is 116 Å². The molecular weight excluding hydrogens is 260 g/mol. The predicted octanol–water partition coefficient (Wildman–Crippen LogP) is 2.58. The lowest BCUT2D eigenvalue weighted by Crippen LogP contribution is -2.21. The van der Waals surface area contributed by atoms with E-state index in [4.69, 9.17) is 0 Å². The standard InChI is InChI=1S/C14H24N2O2S/c1-14(2,3)8-9-19(17,18)16-13-7-5-6-12(10-13)11-15-4/h5-7,10,15-16H,8-9,11H2,1-4H3. The van der Waals surface area contributed by atoms with Crippen molar-refractivity contribution in [1.29, 1.82) is 0 Å². The Balaban J connectivity index is 2.70. The fraction of sp³-hybridized carbons (Fsp3) is 0.571. The Bertz CT molecular complexity index is 504. The third-order valence-electron chi connectivity index (χ3n) is 2.70. The van der Waals surface area contributed by atoms with E-state index < -0.39 is 10.0 Å². The summed E-state index contributed by atoms with van der Waals surface area (Å²) in [4.78, 5) is 0. The molecule has 0 aliphatic rings. The lowest BCUT2D eigenvalue weighted by Gasteiger charge is -2.18. The van der Waals surface area contributed by atoms with Crippen molar-refractivity contribution in [3.8, 4) is 0 Å². The Morgan fingerprint density at radius 2 is 1.89 bits per heavy atom. The first kappa shape index (κ1) is 16.0. The Hall–Kier alpha value is -1.07. The van der Waals surface area contributed by atoms with Gasteiger partial charge in [-0.05, 0) is 36.6 Å². The maximum Gasteiger partial charge on any atom is 0.232 e. The number of nitrogens with one attached hydrogen (secondary N) is 2. The van der Waals surface area contributed by atoms with Crippen LogP contribution in [0.1, 0.15) is 32.8 Å². The summed E-state index contributed by atoms with van der Waals surface area (Å²) in [5.74, 6) is 0.146. The molecule has 0 unspecified atom stereocenters. The van der Waals surface area contributed by atoms with Gasteiger partial charge in [-0.15, -0.1) is 0 Å². The summed E-state index contributed by atoms with van der Waals surface area (Å²) in [5.41, 5.74) is 1.70.